The van der Waals surface area contributed by atoms with E-state index >= 15 is 0 Å². The van der Waals surface area contributed by atoms with Crippen LogP contribution in [0.1, 0.15) is 59.1 Å². The zero-order valence-corrected chi connectivity index (χ0v) is 87.8. The Bertz CT molecular complexity index is 8400. The predicted molar refractivity (Wildman–Crippen MR) is 569 cm³/mol. The number of rotatable bonds is 25. The van der Waals surface area contributed by atoms with E-state index in [2.05, 4.69) is 147 Å². The van der Waals surface area contributed by atoms with E-state index in [1.807, 2.05) is 30.0 Å². The Morgan fingerprint density at radius 2 is 0.755 bits per heavy atom. The number of aromatic amines is 2. The Labute approximate surface area is 853 Å². The smallest absolute Gasteiger partial charge is 0.242 e. The number of hydrogen-bond donors (Lipinski definition) is 8. The van der Waals surface area contributed by atoms with E-state index in [1.54, 1.807) is 146 Å². The number of pyridine rings is 1. The number of thioether (sulfide) groups is 1. The maximum Gasteiger partial charge on any atom is 0.242 e. The fraction of sp³-hybridized carbons (Fsp3) is 0.198. The predicted octanol–water partition coefficient (Wildman–Crippen LogP) is 8.89. The van der Waals surface area contributed by atoms with Crippen LogP contribution in [0.3, 0.4) is 0 Å². The van der Waals surface area contributed by atoms with Crippen molar-refractivity contribution in [3.05, 3.63) is 246 Å². The van der Waals surface area contributed by atoms with Crippen LogP contribution < -0.4 is 30.4 Å². The molecule has 19 rings (SSSR count). The average Bonchev–Trinajstić information content (AvgIpc) is 1.51. The third-order valence-electron chi connectivity index (χ3n) is 22.1. The molecule has 0 amide bonds. The Morgan fingerprint density at radius 3 is 1.05 bits per heavy atom. The fourth-order valence-corrected chi connectivity index (χ4v) is 24.6. The second kappa shape index (κ2) is 45.1. The summed E-state index contributed by atoms with van der Waals surface area (Å²) in [6.45, 7) is 1.85. The molecule has 3 aromatic heterocycles. The molecule has 56 heteroatoms. The summed E-state index contributed by atoms with van der Waals surface area (Å²) >= 11 is 1.86. The molecular formula is C91H96N28O17S11. The Kier molecular flexibility index (Phi) is 33.6. The first kappa shape index (κ1) is 109. The molecule has 7 aliphatic rings. The van der Waals surface area contributed by atoms with Crippen LogP contribution in [0.2, 0.25) is 0 Å². The lowest BCUT2D eigenvalue weighted by atomic mass is 9.97. The summed E-state index contributed by atoms with van der Waals surface area (Å²) < 4.78 is 202. The molecule has 768 valence electrons. The minimum Gasteiger partial charge on any atom is -0.376 e. The van der Waals surface area contributed by atoms with E-state index < -0.39 is 98.4 Å². The topological polar surface area (TPSA) is 698 Å². The normalized spacial score (nSPS) is 16.7. The number of benzene rings is 9. The first-order chi connectivity index (χ1) is 69.4. The van der Waals surface area contributed by atoms with Crippen molar-refractivity contribution in [2.24, 2.45) is 86.6 Å². The highest BCUT2D eigenvalue weighted by molar-refractivity contribution is 8.00. The van der Waals surface area contributed by atoms with Crippen LogP contribution in [0.5, 0.6) is 0 Å². The first-order valence-corrected chi connectivity index (χ1v) is 61.8. The van der Waals surface area contributed by atoms with Crippen LogP contribution in [0.15, 0.2) is 322 Å². The van der Waals surface area contributed by atoms with Gasteiger partial charge in [0, 0.05) is 89.8 Å². The van der Waals surface area contributed by atoms with Gasteiger partial charge in [0.2, 0.25) is 41.7 Å². The molecule has 1 fully saturated rings. The van der Waals surface area contributed by atoms with E-state index in [1.165, 1.54) is 63.1 Å². The number of H-pyrrole nitrogens is 2. The zero-order chi connectivity index (χ0) is 106. The molecule has 1 aliphatic carbocycles. The number of allylic oxidation sites excluding steroid dienone is 1. The molecule has 45 nitrogen and oxygen atoms in total. The zero-order valence-electron chi connectivity index (χ0n) is 78.9. The number of sulfone groups is 3. The van der Waals surface area contributed by atoms with Gasteiger partial charge >= 0.3 is 0 Å². The number of azo groups is 4. The molecule has 13 N–H and O–H groups in total. The molecular weight excluding hydrogens is 2110 g/mol. The van der Waals surface area contributed by atoms with Crippen LogP contribution in [-0.2, 0) is 103 Å². The van der Waals surface area contributed by atoms with Crippen molar-refractivity contribution in [3.63, 3.8) is 0 Å². The van der Waals surface area contributed by atoms with E-state index in [-0.39, 0.29) is 68.0 Å². The van der Waals surface area contributed by atoms with Crippen molar-refractivity contribution in [2.45, 2.75) is 80.8 Å². The first-order valence-electron chi connectivity index (χ1n) is 43.3. The third-order valence-corrected chi connectivity index (χ3v) is 34.9. The average molecular weight is 2210 g/mol. The van der Waals surface area contributed by atoms with Crippen LogP contribution in [0, 0.1) is 0 Å². The van der Waals surface area contributed by atoms with Gasteiger partial charge in [0.05, 0.1) is 96.1 Å². The summed E-state index contributed by atoms with van der Waals surface area (Å²) in [4.78, 5) is 22.8. The summed E-state index contributed by atoms with van der Waals surface area (Å²) in [6.07, 6.45) is 12.5. The summed E-state index contributed by atoms with van der Waals surface area (Å²) in [5.41, 5.74) is 11.9. The molecule has 0 spiro atoms. The third kappa shape index (κ3) is 26.8. The van der Waals surface area contributed by atoms with Crippen molar-refractivity contribution in [1.82, 2.24) is 55.3 Å². The number of nitrogens with zero attached hydrogens (tertiary/aromatic N) is 20. The van der Waals surface area contributed by atoms with Gasteiger partial charge in [0.25, 0.3) is 0 Å². The van der Waals surface area contributed by atoms with E-state index in [0.717, 1.165) is 75.6 Å². The maximum absolute atomic E-state index is 12.5. The van der Waals surface area contributed by atoms with Crippen LogP contribution in [0.25, 0.3) is 78.4 Å². The number of nitrogens with two attached hydrogens (primary N) is 5. The van der Waals surface area contributed by atoms with Crippen LogP contribution >= 0.6 is 11.8 Å². The highest BCUT2D eigenvalue weighted by Gasteiger charge is 2.33. The van der Waals surface area contributed by atoms with Gasteiger partial charge in [-0.2, -0.15) is 42.6 Å². The lowest BCUT2D eigenvalue weighted by Crippen LogP contribution is -2.25. The molecule has 1 saturated carbocycles. The molecule has 12 aromatic rings. The lowest BCUT2D eigenvalue weighted by Gasteiger charge is -2.17. The molecule has 4 unspecified atom stereocenters. The van der Waals surface area contributed by atoms with Crippen molar-refractivity contribution in [1.29, 1.82) is 0 Å². The molecule has 0 bridgehead atoms. The highest BCUT2D eigenvalue weighted by Crippen LogP contribution is 2.41. The van der Waals surface area contributed by atoms with Gasteiger partial charge in [-0.15, -0.1) is 40.9 Å². The number of nitrogens with one attached hydrogen (secondary N) is 3. The Hall–Kier alpha value is -13.4. The van der Waals surface area contributed by atoms with Gasteiger partial charge in [0.15, 0.2) is 84.6 Å². The second-order valence-electron chi connectivity index (χ2n) is 33.0. The number of sulfonamides is 3. The van der Waals surface area contributed by atoms with Crippen molar-refractivity contribution < 1.29 is 72.1 Å². The van der Waals surface area contributed by atoms with Gasteiger partial charge in [-0.05, 0) is 211 Å². The second-order valence-corrected chi connectivity index (χ2v) is 53.1. The van der Waals surface area contributed by atoms with E-state index in [4.69, 9.17) is 30.4 Å². The van der Waals surface area contributed by atoms with Crippen LogP contribution in [-0.4, -0.2) is 255 Å². The highest BCUT2D eigenvalue weighted by atomic mass is 32.2. The fourth-order valence-electron chi connectivity index (χ4n) is 15.2. The monoisotopic (exact) mass is 2200 g/mol. The number of aliphatic imine (C=N–C) groups is 4. The summed E-state index contributed by atoms with van der Waals surface area (Å²) in [5, 5.41) is 87.1. The lowest BCUT2D eigenvalue weighted by molar-refractivity contribution is 0.164. The summed E-state index contributed by atoms with van der Waals surface area (Å²) in [6, 6.07) is 52.6. The van der Waals surface area contributed by atoms with E-state index in [9.17, 15) is 67.3 Å². The minimum atomic E-state index is -3.79. The minimum absolute atomic E-state index is 0.00775. The van der Waals surface area contributed by atoms with Gasteiger partial charge in [0.1, 0.15) is 0 Å². The van der Waals surface area contributed by atoms with Gasteiger partial charge in [-0.1, -0.05) is 121 Å². The van der Waals surface area contributed by atoms with E-state index in [0.29, 0.717) is 134 Å². The maximum atomic E-state index is 12.5. The summed E-state index contributed by atoms with van der Waals surface area (Å²) in [5.74, 6) is 18.0. The molecule has 0 radical (unpaired) electrons. The van der Waals surface area contributed by atoms with Crippen molar-refractivity contribution in [3.8, 4) is 67.3 Å². The number of primary sulfonamides is 1. The quantitative estimate of drug-likeness (QED) is 0.0247. The standard InChI is InChI=1S/C18H19N5O3S2.C17H19N5O3S2.2C15H15N5O3S2.C13H14N4O3S.C13H14N4O2S2/c1-27(19,24)16-4-2-3-15(17(16)18-20-11-21-22-18)12-5-9-14(10-6-12)28(25,26)23-13-7-8-13;1-22(2)27(24,25)13-9-7-12(8-10-13)14-5-4-6-15(26(3,18)23)16(14)17-19-11-20-21-17;1-24(16,21)12-5-3-4-11(14(12)15-18-9-19-20-15)10-6-7-13(17-8-10)25(2,22)23;1-24(16,21)13-4-2-3-12(14(13)15-18-9-19-20-15)10-5-7-11(8-6-10)25(17,22)23;1-21(18,19)11-6-2-5-10(9-4-3-7-20-8-9)12(11)13-14-16-17-15-13;1-21(18,19)11-4-2-3-10(9-5-7-20-8-6-9)12(11)13-14-16-17-15-13/h2-6,9-10,13,23H,1,7-8,11H2,(H2,19,24);4-10H,3,11H2,1-2H3,(H2,18,23);3-8H,1,9H2,2H3,(H2,16,21);2-8H,1,9H2,(H2,16,21)(H2,17,22,23);2,4-6H,3,7-8H2,1H3,(H,14,15,16,17);2-5H,6-8H2,1H3,(H,14,15,16,17). The number of ether oxygens (including phenoxy) is 1. The number of tetrazole rings is 2. The number of hydrogen-bond acceptors (Lipinski definition) is 37. The Morgan fingerprint density at radius 1 is 0.401 bits per heavy atom. The van der Waals surface area contributed by atoms with Gasteiger partial charge in [-0.25, -0.2) is 106 Å². The molecule has 4 atom stereocenters. The van der Waals surface area contributed by atoms with Gasteiger partial charge in [-0.3, -0.25) is 20.6 Å². The van der Waals surface area contributed by atoms with Crippen molar-refractivity contribution >= 4 is 168 Å². The van der Waals surface area contributed by atoms with Gasteiger partial charge < -0.3 is 4.74 Å². The Balaban J connectivity index is 0.000000140. The SMILES string of the molecule is C=S(N)(=O)c1cccc(-c2ccc(S(=O)(=O)N(C)C)cc2)c1C1=NCN=N1.C=S(N)(=O)c1cccc(-c2ccc(S(=O)(=O)NC3CC3)cc2)c1C1=NCN=N1.C=S(N)(=O)c1cccc(-c2ccc(S(C)(=O)=O)nc2)c1C1=NCN=N1.C=S(N)(=O)c1cccc(-c2ccc(S(N)(=O)=O)cc2)c1C1=NCN=N1.CS(=O)(=O)c1cccc(C2=CCCOC2)c1-c1nn[nH]n1.CS(=O)(=O)c1cccc(C2=CCSCC2)c1-c1nn[nH]n1. The number of aromatic nitrogens is 9. The van der Waals surface area contributed by atoms with Crippen LogP contribution in [0.4, 0.5) is 0 Å². The summed E-state index contributed by atoms with van der Waals surface area (Å²) in [7, 11) is -30.2. The molecule has 9 aromatic carbocycles. The largest absolute Gasteiger partial charge is 0.376 e. The molecule has 0 saturated heterocycles. The molecule has 9 heterocycles. The molecule has 147 heavy (non-hydrogen) atoms. The molecule has 6 aliphatic heterocycles. The number of amidine groups is 4. The van der Waals surface area contributed by atoms with Crippen molar-refractivity contribution in [2.75, 3.05) is 84.3 Å².